The predicted molar refractivity (Wildman–Crippen MR) is 77.5 cm³/mol. The Morgan fingerprint density at radius 3 is 3.20 bits per heavy atom. The van der Waals surface area contributed by atoms with Crippen molar-refractivity contribution in [2.45, 2.75) is 26.3 Å². The van der Waals surface area contributed by atoms with Crippen LogP contribution in [-0.2, 0) is 11.3 Å². The molecule has 2 rings (SSSR count). The second-order valence-electron chi connectivity index (χ2n) is 5.54. The molecule has 2 heterocycles. The van der Waals surface area contributed by atoms with E-state index in [-0.39, 0.29) is 6.54 Å². The normalized spacial score (nSPS) is 19.9. The summed E-state index contributed by atoms with van der Waals surface area (Å²) in [5.41, 5.74) is 2.38. The molecule has 0 radical (unpaired) electrons. The Balaban J connectivity index is 1.81. The maximum atomic E-state index is 10.5. The van der Waals surface area contributed by atoms with Crippen LogP contribution in [0.1, 0.15) is 24.1 Å². The number of carbonyl (C=O) groups is 1. The van der Waals surface area contributed by atoms with E-state index < -0.39 is 5.97 Å². The van der Waals surface area contributed by atoms with Gasteiger partial charge >= 0.3 is 5.97 Å². The molecule has 0 aromatic carbocycles. The molecule has 0 saturated carbocycles. The van der Waals surface area contributed by atoms with Crippen LogP contribution in [0.5, 0.6) is 0 Å². The molecule has 1 unspecified atom stereocenters. The summed E-state index contributed by atoms with van der Waals surface area (Å²) >= 11 is 0. The molecular weight excluding hydrogens is 254 g/mol. The van der Waals surface area contributed by atoms with E-state index in [1.807, 2.05) is 12.3 Å². The third kappa shape index (κ3) is 4.58. The fraction of sp³-hybridized carbons (Fsp3) is 0.600. The van der Waals surface area contributed by atoms with Gasteiger partial charge in [0.05, 0.1) is 12.2 Å². The Morgan fingerprint density at radius 2 is 2.45 bits per heavy atom. The average molecular weight is 277 g/mol. The highest BCUT2D eigenvalue weighted by atomic mass is 16.4. The summed E-state index contributed by atoms with van der Waals surface area (Å²) in [5, 5.41) is 11.6. The highest BCUT2D eigenvalue weighted by Crippen LogP contribution is 2.18. The van der Waals surface area contributed by atoms with Crippen LogP contribution in [0.15, 0.2) is 18.3 Å². The van der Waals surface area contributed by atoms with E-state index in [4.69, 9.17) is 5.11 Å². The van der Waals surface area contributed by atoms with E-state index in [1.54, 1.807) is 0 Å². The summed E-state index contributed by atoms with van der Waals surface area (Å²) in [5.74, 6) is -0.256. The summed E-state index contributed by atoms with van der Waals surface area (Å²) in [7, 11) is 0. The molecule has 2 N–H and O–H groups in total. The van der Waals surface area contributed by atoms with Crippen LogP contribution in [0.2, 0.25) is 0 Å². The molecule has 110 valence electrons. The van der Waals surface area contributed by atoms with E-state index in [2.05, 4.69) is 28.2 Å². The summed E-state index contributed by atoms with van der Waals surface area (Å²) < 4.78 is 0. The first-order chi connectivity index (χ1) is 9.65. The van der Waals surface area contributed by atoms with E-state index in [9.17, 15) is 4.79 Å². The Bertz CT molecular complexity index is 450. The van der Waals surface area contributed by atoms with Gasteiger partial charge in [0.2, 0.25) is 0 Å². The Morgan fingerprint density at radius 1 is 1.60 bits per heavy atom. The first-order valence-electron chi connectivity index (χ1n) is 7.20. The number of likely N-dealkylation sites (tertiary alicyclic amines) is 1. The third-order valence-corrected chi connectivity index (χ3v) is 3.80. The summed E-state index contributed by atoms with van der Waals surface area (Å²) in [6.45, 7) is 5.94. The lowest BCUT2D eigenvalue weighted by atomic mass is 9.97. The van der Waals surface area contributed by atoms with Gasteiger partial charge in [-0.15, -0.1) is 0 Å². The lowest BCUT2D eigenvalue weighted by Gasteiger charge is -2.32. The number of carboxylic acids is 1. The zero-order chi connectivity index (χ0) is 14.4. The molecule has 0 spiro atoms. The Kier molecular flexibility index (Phi) is 5.49. The molecule has 1 aliphatic heterocycles. The number of aryl methyl sites for hydroxylation is 1. The van der Waals surface area contributed by atoms with E-state index in [1.165, 1.54) is 18.4 Å². The molecule has 1 fully saturated rings. The lowest BCUT2D eigenvalue weighted by Crippen LogP contribution is -2.40. The van der Waals surface area contributed by atoms with Crippen LogP contribution in [-0.4, -0.2) is 47.1 Å². The Hall–Kier alpha value is -1.46. The number of nitrogens with one attached hydrogen (secondary N) is 1. The average Bonchev–Trinajstić information content (AvgIpc) is 2.41. The van der Waals surface area contributed by atoms with Gasteiger partial charge in [-0.2, -0.15) is 0 Å². The van der Waals surface area contributed by atoms with Crippen molar-refractivity contribution in [3.05, 3.63) is 29.6 Å². The lowest BCUT2D eigenvalue weighted by molar-refractivity contribution is -0.136. The molecule has 1 aliphatic rings. The SMILES string of the molecule is Cc1cccnc1CN1CCCC(CNCC(=O)O)C1. The molecule has 0 bridgehead atoms. The first kappa shape index (κ1) is 14.9. The second kappa shape index (κ2) is 7.36. The van der Waals surface area contributed by atoms with Crippen molar-refractivity contribution in [2.24, 2.45) is 5.92 Å². The zero-order valence-electron chi connectivity index (χ0n) is 12.0. The van der Waals surface area contributed by atoms with Gasteiger partial charge in [-0.3, -0.25) is 14.7 Å². The predicted octanol–water partition coefficient (Wildman–Crippen LogP) is 1.28. The van der Waals surface area contributed by atoms with Crippen molar-refractivity contribution in [1.82, 2.24) is 15.2 Å². The van der Waals surface area contributed by atoms with Crippen LogP contribution >= 0.6 is 0 Å². The fourth-order valence-electron chi connectivity index (χ4n) is 2.74. The van der Waals surface area contributed by atoms with Gasteiger partial charge < -0.3 is 10.4 Å². The number of piperidine rings is 1. The highest BCUT2D eigenvalue weighted by Gasteiger charge is 2.20. The number of rotatable bonds is 6. The maximum absolute atomic E-state index is 10.5. The summed E-state index contributed by atoms with van der Waals surface area (Å²) in [6.07, 6.45) is 4.19. The highest BCUT2D eigenvalue weighted by molar-refractivity contribution is 5.68. The van der Waals surface area contributed by atoms with Crippen molar-refractivity contribution in [2.75, 3.05) is 26.2 Å². The minimum absolute atomic E-state index is 0.0514. The maximum Gasteiger partial charge on any atom is 0.317 e. The van der Waals surface area contributed by atoms with Crippen molar-refractivity contribution in [3.8, 4) is 0 Å². The summed E-state index contributed by atoms with van der Waals surface area (Å²) in [6, 6.07) is 4.06. The number of aliphatic carboxylic acids is 1. The van der Waals surface area contributed by atoms with Crippen LogP contribution in [0.3, 0.4) is 0 Å². The van der Waals surface area contributed by atoms with Gasteiger partial charge in [-0.1, -0.05) is 6.07 Å². The van der Waals surface area contributed by atoms with E-state index in [0.29, 0.717) is 5.92 Å². The third-order valence-electron chi connectivity index (χ3n) is 3.80. The minimum atomic E-state index is -0.790. The van der Waals surface area contributed by atoms with E-state index >= 15 is 0 Å². The van der Waals surface area contributed by atoms with Gasteiger partial charge in [0.1, 0.15) is 0 Å². The van der Waals surface area contributed by atoms with Crippen molar-refractivity contribution in [3.63, 3.8) is 0 Å². The number of hydrogen-bond acceptors (Lipinski definition) is 4. The van der Waals surface area contributed by atoms with Crippen molar-refractivity contribution in [1.29, 1.82) is 0 Å². The first-order valence-corrected chi connectivity index (χ1v) is 7.20. The number of aromatic nitrogens is 1. The van der Waals surface area contributed by atoms with Gasteiger partial charge in [0, 0.05) is 19.3 Å². The van der Waals surface area contributed by atoms with Crippen molar-refractivity contribution >= 4 is 5.97 Å². The Labute approximate surface area is 120 Å². The monoisotopic (exact) mass is 277 g/mol. The van der Waals surface area contributed by atoms with E-state index in [0.717, 1.165) is 31.9 Å². The molecule has 0 amide bonds. The molecule has 20 heavy (non-hydrogen) atoms. The molecule has 1 atom stereocenters. The van der Waals surface area contributed by atoms with Crippen molar-refractivity contribution < 1.29 is 9.90 Å². The quantitative estimate of drug-likeness (QED) is 0.820. The van der Waals surface area contributed by atoms with Gasteiger partial charge in [0.15, 0.2) is 0 Å². The molecule has 5 nitrogen and oxygen atoms in total. The van der Waals surface area contributed by atoms with Gasteiger partial charge in [-0.05, 0) is 50.4 Å². The molecular formula is C15H23N3O2. The minimum Gasteiger partial charge on any atom is -0.480 e. The number of pyridine rings is 1. The van der Waals surface area contributed by atoms with Gasteiger partial charge in [0.25, 0.3) is 0 Å². The van der Waals surface area contributed by atoms with Gasteiger partial charge in [-0.25, -0.2) is 0 Å². The number of hydrogen-bond donors (Lipinski definition) is 2. The molecule has 5 heteroatoms. The second-order valence-corrected chi connectivity index (χ2v) is 5.54. The topological polar surface area (TPSA) is 65.5 Å². The molecule has 1 saturated heterocycles. The number of nitrogens with zero attached hydrogens (tertiary/aromatic N) is 2. The van der Waals surface area contributed by atoms with Crippen LogP contribution in [0.25, 0.3) is 0 Å². The van der Waals surface area contributed by atoms with Crippen LogP contribution in [0, 0.1) is 12.8 Å². The standard InChI is InChI=1S/C15H23N3O2/c1-12-4-2-6-17-14(12)11-18-7-3-5-13(10-18)8-16-9-15(19)20/h2,4,6,13,16H,3,5,7-11H2,1H3,(H,19,20). The molecule has 1 aromatic rings. The molecule has 0 aliphatic carbocycles. The summed E-state index contributed by atoms with van der Waals surface area (Å²) in [4.78, 5) is 17.4. The fourth-order valence-corrected chi connectivity index (χ4v) is 2.74. The zero-order valence-corrected chi connectivity index (χ0v) is 12.0. The van der Waals surface area contributed by atoms with Crippen LogP contribution < -0.4 is 5.32 Å². The molecule has 1 aromatic heterocycles. The number of carboxylic acid groups (broad SMARTS) is 1. The largest absolute Gasteiger partial charge is 0.480 e. The smallest absolute Gasteiger partial charge is 0.317 e. The van der Waals surface area contributed by atoms with Crippen LogP contribution in [0.4, 0.5) is 0 Å².